The number of aromatic hydroxyl groups is 1. The minimum atomic E-state index is -1.80. The molecule has 1 aromatic carbocycles. The number of aliphatic carboxylic acids is 3. The number of amides is 7. The molecule has 66 heavy (non-hydrogen) atoms. The summed E-state index contributed by atoms with van der Waals surface area (Å²) in [5.74, 6) is -11.5. The SMILES string of the molecule is NCCCCNC(=O)C(CC(=O)O)NC(=O)CNC(=O)C(CC(=O)O)NC(=O)CNC(=O)[C@@H](CC(=O)O)NC(=O)CCCNC(=O)c1ccc(NCc2cnc3nc(N)nc(O)c3n2)cc1. The topological polar surface area (TPSA) is 451 Å². The lowest BCUT2D eigenvalue weighted by atomic mass is 10.1. The zero-order chi connectivity index (χ0) is 48.8. The lowest BCUT2D eigenvalue weighted by molar-refractivity contribution is -0.141. The Bertz CT molecular complexity index is 2260. The lowest BCUT2D eigenvalue weighted by Crippen LogP contribution is -2.54. The van der Waals surface area contributed by atoms with Crippen molar-refractivity contribution in [2.75, 3.05) is 43.8 Å². The van der Waals surface area contributed by atoms with Crippen LogP contribution in [0.5, 0.6) is 5.88 Å². The number of nitrogens with two attached hydrogens (primary N) is 2. The largest absolute Gasteiger partial charge is 0.492 e. The maximum atomic E-state index is 12.8. The smallest absolute Gasteiger partial charge is 0.305 e. The van der Waals surface area contributed by atoms with Crippen molar-refractivity contribution in [3.05, 3.63) is 41.7 Å². The average molecular weight is 927 g/mol. The first-order chi connectivity index (χ1) is 31.3. The second-order valence-corrected chi connectivity index (χ2v) is 14.1. The highest BCUT2D eigenvalue weighted by Crippen LogP contribution is 2.19. The molecule has 2 unspecified atom stereocenters. The Kier molecular flexibility index (Phi) is 20.8. The van der Waals surface area contributed by atoms with Gasteiger partial charge in [0.25, 0.3) is 5.91 Å². The van der Waals surface area contributed by atoms with Gasteiger partial charge < -0.3 is 74.4 Å². The predicted molar refractivity (Wildman–Crippen MR) is 226 cm³/mol. The maximum Gasteiger partial charge on any atom is 0.305 e. The number of nitrogens with zero attached hydrogens (tertiary/aromatic N) is 4. The van der Waals surface area contributed by atoms with E-state index in [4.69, 9.17) is 16.6 Å². The first-order valence-corrected chi connectivity index (χ1v) is 20.0. The molecule has 356 valence electrons. The number of carbonyl (C=O) groups excluding carboxylic acids is 7. The van der Waals surface area contributed by atoms with E-state index in [1.165, 1.54) is 18.3 Å². The van der Waals surface area contributed by atoms with Crippen LogP contribution >= 0.6 is 0 Å². The number of fused-ring (bicyclic) bond motifs is 1. The van der Waals surface area contributed by atoms with Gasteiger partial charge in [-0.3, -0.25) is 47.9 Å². The van der Waals surface area contributed by atoms with Crippen molar-refractivity contribution >= 4 is 82.1 Å². The number of hydrogen-bond donors (Lipinski definition) is 14. The number of carbonyl (C=O) groups is 10. The Morgan fingerprint density at radius 3 is 1.67 bits per heavy atom. The molecule has 0 saturated heterocycles. The normalized spacial score (nSPS) is 12.0. The van der Waals surface area contributed by atoms with Crippen LogP contribution in [0.2, 0.25) is 0 Å². The Morgan fingerprint density at radius 1 is 0.621 bits per heavy atom. The van der Waals surface area contributed by atoms with Gasteiger partial charge in [-0.2, -0.15) is 9.97 Å². The van der Waals surface area contributed by atoms with Crippen molar-refractivity contribution in [3.63, 3.8) is 0 Å². The van der Waals surface area contributed by atoms with E-state index in [1.807, 2.05) is 0 Å². The van der Waals surface area contributed by atoms with E-state index in [0.717, 1.165) is 0 Å². The number of rotatable bonds is 28. The van der Waals surface area contributed by atoms with Gasteiger partial charge in [-0.1, -0.05) is 0 Å². The first-order valence-electron chi connectivity index (χ1n) is 20.0. The summed E-state index contributed by atoms with van der Waals surface area (Å²) < 4.78 is 0. The predicted octanol–water partition coefficient (Wildman–Crippen LogP) is -4.20. The number of anilines is 2. The number of unbranched alkanes of at least 4 members (excludes halogenated alkanes) is 1. The third-order valence-electron chi connectivity index (χ3n) is 8.81. The molecule has 16 N–H and O–H groups in total. The summed E-state index contributed by atoms with van der Waals surface area (Å²) >= 11 is 0. The van der Waals surface area contributed by atoms with Gasteiger partial charge in [0, 0.05) is 30.8 Å². The van der Waals surface area contributed by atoms with Crippen molar-refractivity contribution in [2.24, 2.45) is 5.73 Å². The van der Waals surface area contributed by atoms with E-state index >= 15 is 0 Å². The lowest BCUT2D eigenvalue weighted by Gasteiger charge is -2.20. The van der Waals surface area contributed by atoms with Crippen LogP contribution in [0.25, 0.3) is 11.2 Å². The van der Waals surface area contributed by atoms with E-state index in [-0.39, 0.29) is 55.2 Å². The molecule has 0 saturated carbocycles. The van der Waals surface area contributed by atoms with Crippen molar-refractivity contribution < 1.29 is 68.4 Å². The number of carboxylic acids is 3. The van der Waals surface area contributed by atoms with Gasteiger partial charge in [-0.25, -0.2) is 9.97 Å². The number of hydrogen-bond acceptors (Lipinski definition) is 18. The van der Waals surface area contributed by atoms with Gasteiger partial charge in [0.1, 0.15) is 18.1 Å². The summed E-state index contributed by atoms with van der Waals surface area (Å²) in [5.41, 5.74) is 12.5. The van der Waals surface area contributed by atoms with Crippen LogP contribution < -0.4 is 54.0 Å². The fourth-order valence-corrected chi connectivity index (χ4v) is 5.61. The fourth-order valence-electron chi connectivity index (χ4n) is 5.61. The molecular formula is C38H50N14O14. The van der Waals surface area contributed by atoms with Crippen LogP contribution in [0, 0.1) is 0 Å². The summed E-state index contributed by atoms with van der Waals surface area (Å²) in [5, 5.41) is 56.5. The molecular weight excluding hydrogens is 877 g/mol. The molecule has 28 nitrogen and oxygen atoms in total. The van der Waals surface area contributed by atoms with E-state index in [0.29, 0.717) is 30.8 Å². The molecule has 3 atom stereocenters. The summed E-state index contributed by atoms with van der Waals surface area (Å²) in [7, 11) is 0. The molecule has 0 radical (unpaired) electrons. The van der Waals surface area contributed by atoms with Crippen LogP contribution in [0.3, 0.4) is 0 Å². The van der Waals surface area contributed by atoms with Crippen LogP contribution in [-0.4, -0.2) is 150 Å². The number of carboxylic acid groups (broad SMARTS) is 3. The summed E-state index contributed by atoms with van der Waals surface area (Å²) in [6, 6.07) is 1.34. The second-order valence-electron chi connectivity index (χ2n) is 14.1. The molecule has 3 rings (SSSR count). The highest BCUT2D eigenvalue weighted by atomic mass is 16.4. The third kappa shape index (κ3) is 18.6. The van der Waals surface area contributed by atoms with Crippen LogP contribution in [0.4, 0.5) is 11.6 Å². The molecule has 0 aliphatic carbocycles. The molecule has 0 spiro atoms. The molecule has 28 heteroatoms. The summed E-state index contributed by atoms with van der Waals surface area (Å²) in [6.45, 7) is -1.04. The number of nitrogens with one attached hydrogen (secondary N) is 8. The molecule has 0 aliphatic rings. The van der Waals surface area contributed by atoms with Crippen molar-refractivity contribution in [1.29, 1.82) is 0 Å². The zero-order valence-corrected chi connectivity index (χ0v) is 35.1. The average Bonchev–Trinajstić information content (AvgIpc) is 3.25. The fraction of sp³-hybridized carbons (Fsp3) is 0.421. The van der Waals surface area contributed by atoms with Gasteiger partial charge in [0.05, 0.1) is 50.8 Å². The molecule has 0 aliphatic heterocycles. The molecule has 0 bridgehead atoms. The van der Waals surface area contributed by atoms with Crippen molar-refractivity contribution in [1.82, 2.24) is 57.2 Å². The van der Waals surface area contributed by atoms with Crippen molar-refractivity contribution in [2.45, 2.75) is 69.6 Å². The standard InChI is InChI=1S/C38H50N14O14/c39-9-1-2-10-42-34(63)22(12-28(56)57)49-26(54)17-46-36(65)24(14-30(60)61)50-27(55)18-45-35(64)23(13-29(58)59)48-25(53)4-3-11-41-33(62)19-5-7-20(8-6-19)43-15-21-16-44-32-31(47-21)37(66)52-38(40)51-32/h5-8,16,22-24,43H,1-4,9-15,17-18,39H2,(H,41,62)(H,42,63)(H,45,64)(H,46,65)(H,48,53)(H,49,54)(H,50,55)(H,56,57)(H,58,59)(H,60,61)(H3,40,44,51,52,66)/t22?,23-,24?/m1/s1. The summed E-state index contributed by atoms with van der Waals surface area (Å²) in [6.07, 6.45) is -0.359. The van der Waals surface area contributed by atoms with E-state index in [9.17, 15) is 63.3 Å². The molecule has 2 aromatic heterocycles. The minimum Gasteiger partial charge on any atom is -0.492 e. The highest BCUT2D eigenvalue weighted by Gasteiger charge is 2.28. The molecule has 3 aromatic rings. The first kappa shape index (κ1) is 52.0. The molecule has 7 amide bonds. The monoisotopic (exact) mass is 926 g/mol. The molecule has 2 heterocycles. The van der Waals surface area contributed by atoms with Gasteiger partial charge in [0.2, 0.25) is 47.3 Å². The zero-order valence-electron chi connectivity index (χ0n) is 35.1. The van der Waals surface area contributed by atoms with Crippen LogP contribution in [-0.2, 0) is 49.7 Å². The Morgan fingerprint density at radius 2 is 1.14 bits per heavy atom. The Balaban J connectivity index is 1.43. The van der Waals surface area contributed by atoms with Crippen molar-refractivity contribution in [3.8, 4) is 5.88 Å². The van der Waals surface area contributed by atoms with E-state index in [1.54, 1.807) is 12.1 Å². The summed E-state index contributed by atoms with van der Waals surface area (Å²) in [4.78, 5) is 138. The number of nitrogen functional groups attached to an aromatic ring is 1. The van der Waals surface area contributed by atoms with Gasteiger partial charge in [-0.15, -0.1) is 0 Å². The quantitative estimate of drug-likeness (QED) is 0.0307. The Hall–Kier alpha value is -8.30. The van der Waals surface area contributed by atoms with Crippen LogP contribution in [0.1, 0.15) is 61.0 Å². The number of benzene rings is 1. The van der Waals surface area contributed by atoms with E-state index in [2.05, 4.69) is 62.5 Å². The van der Waals surface area contributed by atoms with Gasteiger partial charge in [0.15, 0.2) is 11.2 Å². The maximum absolute atomic E-state index is 12.8. The third-order valence-corrected chi connectivity index (χ3v) is 8.81. The number of aromatic nitrogens is 4. The van der Waals surface area contributed by atoms with Gasteiger partial charge >= 0.3 is 17.9 Å². The van der Waals surface area contributed by atoms with E-state index < -0.39 is 116 Å². The van der Waals surface area contributed by atoms with Gasteiger partial charge in [-0.05, 0) is 50.1 Å². The van der Waals surface area contributed by atoms with Crippen LogP contribution in [0.15, 0.2) is 30.5 Å². The highest BCUT2D eigenvalue weighted by molar-refractivity contribution is 5.97. The Labute approximate surface area is 373 Å². The second kappa shape index (κ2) is 26.4. The molecule has 0 fully saturated rings. The minimum absolute atomic E-state index is 0.0131.